The Morgan fingerprint density at radius 1 is 1.42 bits per heavy atom. The molecule has 0 unspecified atom stereocenters. The van der Waals surface area contributed by atoms with Crippen molar-refractivity contribution >= 4 is 5.78 Å². The van der Waals surface area contributed by atoms with E-state index in [1.54, 1.807) is 0 Å². The molecule has 0 spiro atoms. The number of hydrogen-bond acceptors (Lipinski definition) is 1. The standard InChI is InChI=1S/C11H18O/c1-8(2)11(5-6-11)10(12)7-9-3-4-9/h8-9H,3-7H2,1-2H3. The third kappa shape index (κ3) is 1.30. The largest absolute Gasteiger partial charge is 0.299 e. The Balaban J connectivity index is 1.93. The van der Waals surface area contributed by atoms with Crippen LogP contribution in [-0.2, 0) is 4.79 Å². The topological polar surface area (TPSA) is 17.1 Å². The Kier molecular flexibility index (Phi) is 1.78. The highest BCUT2D eigenvalue weighted by atomic mass is 16.1. The van der Waals surface area contributed by atoms with Gasteiger partial charge in [-0.2, -0.15) is 0 Å². The first-order valence-corrected chi connectivity index (χ1v) is 5.18. The molecule has 0 bridgehead atoms. The van der Waals surface area contributed by atoms with Gasteiger partial charge in [-0.15, -0.1) is 0 Å². The van der Waals surface area contributed by atoms with Crippen LogP contribution in [-0.4, -0.2) is 5.78 Å². The summed E-state index contributed by atoms with van der Waals surface area (Å²) < 4.78 is 0. The van der Waals surface area contributed by atoms with Gasteiger partial charge in [0.25, 0.3) is 0 Å². The summed E-state index contributed by atoms with van der Waals surface area (Å²) >= 11 is 0. The summed E-state index contributed by atoms with van der Waals surface area (Å²) in [6.07, 6.45) is 5.82. The highest BCUT2D eigenvalue weighted by Gasteiger charge is 2.52. The van der Waals surface area contributed by atoms with Crippen molar-refractivity contribution in [3.63, 3.8) is 0 Å². The van der Waals surface area contributed by atoms with Crippen LogP contribution in [0.25, 0.3) is 0 Å². The summed E-state index contributed by atoms with van der Waals surface area (Å²) in [6, 6.07) is 0. The van der Waals surface area contributed by atoms with Crippen LogP contribution in [0.1, 0.15) is 46.0 Å². The second kappa shape index (κ2) is 2.58. The van der Waals surface area contributed by atoms with Crippen molar-refractivity contribution in [2.24, 2.45) is 17.3 Å². The SMILES string of the molecule is CC(C)C1(C(=O)CC2CC2)CC1. The Bertz CT molecular complexity index is 197. The lowest BCUT2D eigenvalue weighted by Crippen LogP contribution is -2.22. The molecular formula is C11H18O. The molecule has 2 fully saturated rings. The first kappa shape index (κ1) is 8.28. The van der Waals surface area contributed by atoms with Gasteiger partial charge in [-0.05, 0) is 37.5 Å². The van der Waals surface area contributed by atoms with Crippen molar-refractivity contribution in [3.8, 4) is 0 Å². The molecule has 2 aliphatic carbocycles. The van der Waals surface area contributed by atoms with E-state index in [1.807, 2.05) is 0 Å². The third-order valence-corrected chi connectivity index (χ3v) is 3.62. The molecule has 1 heteroatoms. The number of ketones is 1. The molecule has 2 aliphatic rings. The van der Waals surface area contributed by atoms with Gasteiger partial charge in [-0.25, -0.2) is 0 Å². The average molecular weight is 166 g/mol. The summed E-state index contributed by atoms with van der Waals surface area (Å²) in [5.74, 6) is 1.91. The molecule has 2 rings (SSSR count). The second-order valence-corrected chi connectivity index (χ2v) is 4.88. The Morgan fingerprint density at radius 2 is 2.00 bits per heavy atom. The van der Waals surface area contributed by atoms with Crippen LogP contribution in [0.3, 0.4) is 0 Å². The van der Waals surface area contributed by atoms with Crippen LogP contribution < -0.4 is 0 Å². The molecule has 0 heterocycles. The van der Waals surface area contributed by atoms with Crippen LogP contribution >= 0.6 is 0 Å². The van der Waals surface area contributed by atoms with Crippen LogP contribution in [0, 0.1) is 17.3 Å². The highest BCUT2D eigenvalue weighted by Crippen LogP contribution is 2.54. The number of carbonyl (C=O) groups excluding carboxylic acids is 1. The molecule has 68 valence electrons. The van der Waals surface area contributed by atoms with E-state index in [1.165, 1.54) is 12.8 Å². The zero-order valence-corrected chi connectivity index (χ0v) is 8.10. The molecule has 12 heavy (non-hydrogen) atoms. The van der Waals surface area contributed by atoms with Gasteiger partial charge in [0.05, 0.1) is 0 Å². The molecule has 0 aromatic carbocycles. The van der Waals surface area contributed by atoms with E-state index in [0.29, 0.717) is 11.7 Å². The minimum atomic E-state index is 0.141. The smallest absolute Gasteiger partial charge is 0.139 e. The summed E-state index contributed by atoms with van der Waals surface area (Å²) in [4.78, 5) is 11.8. The van der Waals surface area contributed by atoms with E-state index in [4.69, 9.17) is 0 Å². The molecular weight excluding hydrogens is 148 g/mol. The van der Waals surface area contributed by atoms with Crippen molar-refractivity contribution in [1.82, 2.24) is 0 Å². The quantitative estimate of drug-likeness (QED) is 0.627. The van der Waals surface area contributed by atoms with Gasteiger partial charge in [0.2, 0.25) is 0 Å². The summed E-state index contributed by atoms with van der Waals surface area (Å²) in [5, 5.41) is 0. The van der Waals surface area contributed by atoms with Crippen LogP contribution in [0.15, 0.2) is 0 Å². The highest BCUT2D eigenvalue weighted by molar-refractivity contribution is 5.88. The third-order valence-electron chi connectivity index (χ3n) is 3.62. The summed E-state index contributed by atoms with van der Waals surface area (Å²) in [5.41, 5.74) is 0.141. The van der Waals surface area contributed by atoms with E-state index in [9.17, 15) is 4.79 Å². The van der Waals surface area contributed by atoms with E-state index < -0.39 is 0 Å². The zero-order chi connectivity index (χ0) is 8.77. The molecule has 0 aromatic rings. The fourth-order valence-corrected chi connectivity index (χ4v) is 2.10. The van der Waals surface area contributed by atoms with Crippen LogP contribution in [0.5, 0.6) is 0 Å². The average Bonchev–Trinajstić information content (AvgIpc) is 2.83. The van der Waals surface area contributed by atoms with Crippen molar-refractivity contribution in [2.45, 2.75) is 46.0 Å². The molecule has 1 nitrogen and oxygen atoms in total. The Morgan fingerprint density at radius 3 is 2.33 bits per heavy atom. The van der Waals surface area contributed by atoms with E-state index in [-0.39, 0.29) is 5.41 Å². The van der Waals surface area contributed by atoms with Crippen LogP contribution in [0.2, 0.25) is 0 Å². The number of hydrogen-bond donors (Lipinski definition) is 0. The molecule has 0 amide bonds. The van der Waals surface area contributed by atoms with E-state index in [0.717, 1.165) is 25.2 Å². The lowest BCUT2D eigenvalue weighted by molar-refractivity contribution is -0.126. The monoisotopic (exact) mass is 166 g/mol. The normalized spacial score (nSPS) is 25.9. The zero-order valence-electron chi connectivity index (χ0n) is 8.10. The van der Waals surface area contributed by atoms with Crippen molar-refractivity contribution in [1.29, 1.82) is 0 Å². The van der Waals surface area contributed by atoms with E-state index >= 15 is 0 Å². The van der Waals surface area contributed by atoms with Gasteiger partial charge < -0.3 is 0 Å². The molecule has 2 saturated carbocycles. The van der Waals surface area contributed by atoms with Gasteiger partial charge >= 0.3 is 0 Å². The van der Waals surface area contributed by atoms with Gasteiger partial charge in [0.1, 0.15) is 5.78 Å². The molecule has 0 radical (unpaired) electrons. The molecule has 0 N–H and O–H groups in total. The predicted octanol–water partition coefficient (Wildman–Crippen LogP) is 2.79. The Labute approximate surface area is 74.5 Å². The van der Waals surface area contributed by atoms with Gasteiger partial charge in [-0.1, -0.05) is 13.8 Å². The summed E-state index contributed by atoms with van der Waals surface area (Å²) in [6.45, 7) is 4.38. The van der Waals surface area contributed by atoms with Gasteiger partial charge in [0, 0.05) is 11.8 Å². The maximum absolute atomic E-state index is 11.8. The van der Waals surface area contributed by atoms with Gasteiger partial charge in [-0.3, -0.25) is 4.79 Å². The first-order valence-electron chi connectivity index (χ1n) is 5.18. The lowest BCUT2D eigenvalue weighted by atomic mass is 9.86. The molecule has 0 aromatic heterocycles. The Hall–Kier alpha value is -0.330. The minimum Gasteiger partial charge on any atom is -0.299 e. The van der Waals surface area contributed by atoms with Crippen molar-refractivity contribution < 1.29 is 4.79 Å². The van der Waals surface area contributed by atoms with Gasteiger partial charge in [0.15, 0.2) is 0 Å². The number of rotatable bonds is 4. The number of Topliss-reactive ketones (excluding diaryl/α,β-unsaturated/α-hetero) is 1. The lowest BCUT2D eigenvalue weighted by Gasteiger charge is -2.17. The minimum absolute atomic E-state index is 0.141. The fourth-order valence-electron chi connectivity index (χ4n) is 2.10. The van der Waals surface area contributed by atoms with E-state index in [2.05, 4.69) is 13.8 Å². The maximum atomic E-state index is 11.8. The molecule has 0 aliphatic heterocycles. The fraction of sp³-hybridized carbons (Fsp3) is 0.909. The summed E-state index contributed by atoms with van der Waals surface area (Å²) in [7, 11) is 0. The maximum Gasteiger partial charge on any atom is 0.139 e. The molecule has 0 atom stereocenters. The predicted molar refractivity (Wildman–Crippen MR) is 48.9 cm³/mol. The van der Waals surface area contributed by atoms with Crippen molar-refractivity contribution in [2.75, 3.05) is 0 Å². The van der Waals surface area contributed by atoms with Crippen molar-refractivity contribution in [3.05, 3.63) is 0 Å². The second-order valence-electron chi connectivity index (χ2n) is 4.88. The number of carbonyl (C=O) groups is 1. The molecule has 0 saturated heterocycles. The van der Waals surface area contributed by atoms with Crippen LogP contribution in [0.4, 0.5) is 0 Å². The first-order chi connectivity index (χ1) is 5.65.